The molecule has 1 aliphatic heterocycles. The van der Waals surface area contributed by atoms with Crippen molar-refractivity contribution in [3.63, 3.8) is 0 Å². The summed E-state index contributed by atoms with van der Waals surface area (Å²) in [5.41, 5.74) is 0.876. The van der Waals surface area contributed by atoms with Crippen LogP contribution >= 0.6 is 0 Å². The summed E-state index contributed by atoms with van der Waals surface area (Å²) in [7, 11) is 0. The maximum atomic E-state index is 12.9. The topological polar surface area (TPSA) is 75.9 Å². The van der Waals surface area contributed by atoms with Crippen LogP contribution in [0, 0.1) is 5.92 Å². The fraction of sp³-hybridized carbons (Fsp3) is 0.217. The first-order valence-corrected chi connectivity index (χ1v) is 10.1. The highest BCUT2D eigenvalue weighted by Crippen LogP contribution is 2.27. The number of hydrogen-bond acceptors (Lipinski definition) is 5. The predicted octanol–water partition coefficient (Wildman–Crippen LogP) is 3.67. The summed E-state index contributed by atoms with van der Waals surface area (Å²) in [5.74, 6) is 1.75. The van der Waals surface area contributed by atoms with Crippen LogP contribution in [-0.4, -0.2) is 38.5 Å². The second-order valence-electron chi connectivity index (χ2n) is 7.48. The van der Waals surface area contributed by atoms with E-state index in [4.69, 9.17) is 0 Å². The van der Waals surface area contributed by atoms with Gasteiger partial charge in [-0.15, -0.1) is 0 Å². The maximum Gasteiger partial charge on any atom is 0.227 e. The average Bonchev–Trinajstić information content (AvgIpc) is 3.35. The minimum absolute atomic E-state index is 0.00447. The molecule has 0 atom stereocenters. The number of carbonyl (C=O) groups is 1. The summed E-state index contributed by atoms with van der Waals surface area (Å²) in [4.78, 5) is 27.9. The standard InChI is InChI=1S/C23H22N6O/c30-23(27-20-7-3-5-17-4-1-2-6-19(17)20)18-8-11-28(12-9-18)21-14-22(26-15-25-21)29-13-10-24-16-29/h1-7,10,13-16,18H,8-9,11-12H2,(H,27,30). The molecule has 30 heavy (non-hydrogen) atoms. The molecule has 150 valence electrons. The van der Waals surface area contributed by atoms with Crippen LogP contribution < -0.4 is 10.2 Å². The van der Waals surface area contributed by atoms with Crippen molar-refractivity contribution < 1.29 is 4.79 Å². The molecule has 0 saturated carbocycles. The summed E-state index contributed by atoms with van der Waals surface area (Å²) < 4.78 is 1.86. The maximum absolute atomic E-state index is 12.9. The van der Waals surface area contributed by atoms with E-state index in [1.54, 1.807) is 18.9 Å². The van der Waals surface area contributed by atoms with E-state index in [2.05, 4.69) is 37.3 Å². The Hall–Kier alpha value is -3.74. The number of benzene rings is 2. The van der Waals surface area contributed by atoms with Gasteiger partial charge in [0.05, 0.1) is 0 Å². The number of anilines is 2. The molecule has 7 heteroatoms. The van der Waals surface area contributed by atoms with Crippen molar-refractivity contribution in [2.75, 3.05) is 23.3 Å². The highest BCUT2D eigenvalue weighted by atomic mass is 16.1. The number of hydrogen-bond donors (Lipinski definition) is 1. The van der Waals surface area contributed by atoms with Gasteiger partial charge in [0.1, 0.15) is 24.3 Å². The molecule has 0 bridgehead atoms. The van der Waals surface area contributed by atoms with Crippen molar-refractivity contribution in [1.29, 1.82) is 0 Å². The number of nitrogens with one attached hydrogen (secondary N) is 1. The van der Waals surface area contributed by atoms with Gasteiger partial charge in [-0.25, -0.2) is 15.0 Å². The zero-order valence-electron chi connectivity index (χ0n) is 16.5. The second kappa shape index (κ2) is 7.94. The summed E-state index contributed by atoms with van der Waals surface area (Å²) in [6.45, 7) is 1.57. The lowest BCUT2D eigenvalue weighted by Crippen LogP contribution is -2.38. The molecule has 2 aromatic heterocycles. The Balaban J connectivity index is 1.25. The van der Waals surface area contributed by atoms with Crippen molar-refractivity contribution >= 4 is 28.2 Å². The largest absolute Gasteiger partial charge is 0.356 e. The van der Waals surface area contributed by atoms with Gasteiger partial charge in [0.2, 0.25) is 5.91 Å². The van der Waals surface area contributed by atoms with Gasteiger partial charge in [-0.2, -0.15) is 0 Å². The first-order chi connectivity index (χ1) is 14.8. The van der Waals surface area contributed by atoms with E-state index in [-0.39, 0.29) is 11.8 Å². The molecule has 3 heterocycles. The summed E-state index contributed by atoms with van der Waals surface area (Å²) >= 11 is 0. The number of aromatic nitrogens is 4. The Bertz CT molecular complexity index is 1160. The predicted molar refractivity (Wildman–Crippen MR) is 117 cm³/mol. The number of rotatable bonds is 4. The summed E-state index contributed by atoms with van der Waals surface area (Å²) in [5, 5.41) is 5.34. The number of nitrogens with zero attached hydrogens (tertiary/aromatic N) is 5. The minimum Gasteiger partial charge on any atom is -0.356 e. The monoisotopic (exact) mass is 398 g/mol. The second-order valence-corrected chi connectivity index (χ2v) is 7.48. The minimum atomic E-state index is -0.00447. The Labute approximate surface area is 174 Å². The van der Waals surface area contributed by atoms with Crippen molar-refractivity contribution in [2.24, 2.45) is 5.92 Å². The van der Waals surface area contributed by atoms with E-state index in [1.165, 1.54) is 0 Å². The molecular weight excluding hydrogens is 376 g/mol. The molecule has 2 aromatic carbocycles. The van der Waals surface area contributed by atoms with Crippen LogP contribution in [0.2, 0.25) is 0 Å². The molecule has 0 radical (unpaired) electrons. The fourth-order valence-electron chi connectivity index (χ4n) is 3.99. The van der Waals surface area contributed by atoms with Gasteiger partial charge in [0, 0.05) is 48.5 Å². The van der Waals surface area contributed by atoms with Crippen molar-refractivity contribution in [2.45, 2.75) is 12.8 Å². The molecule has 4 aromatic rings. The van der Waals surface area contributed by atoms with Crippen LogP contribution in [0.25, 0.3) is 16.6 Å². The lowest BCUT2D eigenvalue weighted by atomic mass is 9.95. The number of amides is 1. The van der Waals surface area contributed by atoms with E-state index in [1.807, 2.05) is 47.2 Å². The van der Waals surface area contributed by atoms with Gasteiger partial charge in [-0.3, -0.25) is 9.36 Å². The third-order valence-corrected chi connectivity index (χ3v) is 5.64. The normalized spacial score (nSPS) is 14.7. The van der Waals surface area contributed by atoms with Crippen molar-refractivity contribution in [3.05, 3.63) is 73.6 Å². The lowest BCUT2D eigenvalue weighted by Gasteiger charge is -2.32. The van der Waals surface area contributed by atoms with Gasteiger partial charge < -0.3 is 10.2 Å². The molecular formula is C23H22N6O. The van der Waals surface area contributed by atoms with E-state index < -0.39 is 0 Å². The van der Waals surface area contributed by atoms with E-state index >= 15 is 0 Å². The van der Waals surface area contributed by atoms with Crippen LogP contribution in [0.5, 0.6) is 0 Å². The number of fused-ring (bicyclic) bond motifs is 1. The summed E-state index contributed by atoms with van der Waals surface area (Å²) in [6.07, 6.45) is 8.46. The van der Waals surface area contributed by atoms with Crippen LogP contribution in [0.15, 0.2) is 73.6 Å². The van der Waals surface area contributed by atoms with Crippen LogP contribution in [0.4, 0.5) is 11.5 Å². The molecule has 0 spiro atoms. The SMILES string of the molecule is O=C(Nc1cccc2ccccc12)C1CCN(c2cc(-n3ccnc3)ncn2)CC1. The summed E-state index contributed by atoms with van der Waals surface area (Å²) in [6, 6.07) is 16.1. The number of piperidine rings is 1. The lowest BCUT2D eigenvalue weighted by molar-refractivity contribution is -0.120. The quantitative estimate of drug-likeness (QED) is 0.568. The van der Waals surface area contributed by atoms with Gasteiger partial charge in [0.15, 0.2) is 0 Å². The molecule has 5 rings (SSSR count). The molecule has 7 nitrogen and oxygen atoms in total. The molecule has 1 amide bonds. The molecule has 1 fully saturated rings. The smallest absolute Gasteiger partial charge is 0.227 e. The highest BCUT2D eigenvalue weighted by molar-refractivity contribution is 6.02. The van der Waals surface area contributed by atoms with E-state index in [0.29, 0.717) is 0 Å². The first kappa shape index (κ1) is 18.3. The zero-order chi connectivity index (χ0) is 20.3. The fourth-order valence-corrected chi connectivity index (χ4v) is 3.99. The third kappa shape index (κ3) is 3.61. The first-order valence-electron chi connectivity index (χ1n) is 10.1. The Morgan fingerprint density at radius 2 is 1.80 bits per heavy atom. The number of imidazole rings is 1. The molecule has 1 N–H and O–H groups in total. The van der Waals surface area contributed by atoms with Crippen LogP contribution in [0.1, 0.15) is 12.8 Å². The van der Waals surface area contributed by atoms with Crippen LogP contribution in [-0.2, 0) is 4.79 Å². The Kier molecular flexibility index (Phi) is 4.85. The van der Waals surface area contributed by atoms with Gasteiger partial charge in [0.25, 0.3) is 0 Å². The molecule has 0 aliphatic carbocycles. The molecule has 1 saturated heterocycles. The third-order valence-electron chi connectivity index (χ3n) is 5.64. The van der Waals surface area contributed by atoms with Crippen molar-refractivity contribution in [1.82, 2.24) is 19.5 Å². The Morgan fingerprint density at radius 3 is 2.63 bits per heavy atom. The molecule has 1 aliphatic rings. The Morgan fingerprint density at radius 1 is 1.00 bits per heavy atom. The van der Waals surface area contributed by atoms with Gasteiger partial charge in [-0.05, 0) is 24.3 Å². The van der Waals surface area contributed by atoms with Crippen molar-refractivity contribution in [3.8, 4) is 5.82 Å². The van der Waals surface area contributed by atoms with Crippen LogP contribution in [0.3, 0.4) is 0 Å². The van der Waals surface area contributed by atoms with E-state index in [0.717, 1.165) is 54.0 Å². The number of carbonyl (C=O) groups excluding carboxylic acids is 1. The molecule has 0 unspecified atom stereocenters. The van der Waals surface area contributed by atoms with E-state index in [9.17, 15) is 4.79 Å². The van der Waals surface area contributed by atoms with Gasteiger partial charge >= 0.3 is 0 Å². The zero-order valence-corrected chi connectivity index (χ0v) is 16.5. The highest BCUT2D eigenvalue weighted by Gasteiger charge is 2.26. The van der Waals surface area contributed by atoms with Gasteiger partial charge in [-0.1, -0.05) is 36.4 Å². The average molecular weight is 398 g/mol.